The molecule has 8 heteroatoms. The van der Waals surface area contributed by atoms with Crippen LogP contribution in [0.1, 0.15) is 15.4 Å². The molecular weight excluding hydrogens is 264 g/mol. The highest BCUT2D eigenvalue weighted by molar-refractivity contribution is 7.18. The normalized spacial score (nSPS) is 10.5. The number of aryl methyl sites for hydroxylation is 1. The predicted octanol–water partition coefficient (Wildman–Crippen LogP) is 0.455. The van der Waals surface area contributed by atoms with Crippen LogP contribution in [0.15, 0.2) is 12.3 Å². The molecule has 19 heavy (non-hydrogen) atoms. The summed E-state index contributed by atoms with van der Waals surface area (Å²) in [5, 5.41) is 7.67. The van der Waals surface area contributed by atoms with Crippen LogP contribution in [0, 0.1) is 0 Å². The van der Waals surface area contributed by atoms with Gasteiger partial charge < -0.3 is 16.0 Å². The van der Waals surface area contributed by atoms with Gasteiger partial charge >= 0.3 is 0 Å². The first-order valence-electron chi connectivity index (χ1n) is 5.67. The van der Waals surface area contributed by atoms with E-state index in [1.54, 1.807) is 4.68 Å². The van der Waals surface area contributed by atoms with Crippen LogP contribution in [0.2, 0.25) is 0 Å². The topological polar surface area (TPSA) is 89.1 Å². The third kappa shape index (κ3) is 3.02. The van der Waals surface area contributed by atoms with Crippen LogP contribution in [0.4, 0.5) is 10.9 Å². The average Bonchev–Trinajstić information content (AvgIpc) is 2.92. The molecule has 102 valence electrons. The minimum Gasteiger partial charge on any atom is -0.382 e. The second-order valence-electron chi connectivity index (χ2n) is 4.27. The van der Waals surface area contributed by atoms with E-state index in [-0.39, 0.29) is 11.7 Å². The van der Waals surface area contributed by atoms with E-state index in [0.717, 1.165) is 5.69 Å². The van der Waals surface area contributed by atoms with E-state index in [1.165, 1.54) is 11.3 Å². The van der Waals surface area contributed by atoms with Crippen LogP contribution >= 0.6 is 11.3 Å². The molecule has 2 aromatic rings. The Kier molecular flexibility index (Phi) is 3.70. The number of nitrogens with two attached hydrogens (primary N) is 1. The Balaban J connectivity index is 2.03. The summed E-state index contributed by atoms with van der Waals surface area (Å²) >= 11 is 1.27. The molecule has 2 heterocycles. The van der Waals surface area contributed by atoms with E-state index in [1.807, 2.05) is 38.3 Å². The van der Waals surface area contributed by atoms with Crippen LogP contribution in [0.5, 0.6) is 0 Å². The first kappa shape index (κ1) is 13.3. The lowest BCUT2D eigenvalue weighted by Crippen LogP contribution is -2.23. The summed E-state index contributed by atoms with van der Waals surface area (Å²) < 4.78 is 1.69. The maximum Gasteiger partial charge on any atom is 0.265 e. The SMILES string of the molecule is CN(C)c1nc(N)c(C(=O)NCc2ccn(C)n2)s1. The lowest BCUT2D eigenvalue weighted by atomic mass is 10.4. The summed E-state index contributed by atoms with van der Waals surface area (Å²) in [6.45, 7) is 0.369. The van der Waals surface area contributed by atoms with E-state index in [4.69, 9.17) is 5.73 Å². The van der Waals surface area contributed by atoms with Gasteiger partial charge in [0.25, 0.3) is 5.91 Å². The lowest BCUT2D eigenvalue weighted by Gasteiger charge is -2.05. The molecule has 0 aromatic carbocycles. The Morgan fingerprint density at radius 2 is 2.32 bits per heavy atom. The zero-order valence-corrected chi connectivity index (χ0v) is 11.9. The van der Waals surface area contributed by atoms with Gasteiger partial charge in [0.15, 0.2) is 5.13 Å². The van der Waals surface area contributed by atoms with Crippen molar-refractivity contribution in [1.29, 1.82) is 0 Å². The highest BCUT2D eigenvalue weighted by Crippen LogP contribution is 2.26. The fraction of sp³-hybridized carbons (Fsp3) is 0.364. The minimum atomic E-state index is -0.228. The van der Waals surface area contributed by atoms with Gasteiger partial charge in [-0.2, -0.15) is 5.10 Å². The lowest BCUT2D eigenvalue weighted by molar-refractivity contribution is 0.0955. The van der Waals surface area contributed by atoms with Crippen molar-refractivity contribution in [2.24, 2.45) is 7.05 Å². The number of hydrogen-bond acceptors (Lipinski definition) is 6. The molecule has 2 rings (SSSR count). The van der Waals surface area contributed by atoms with Gasteiger partial charge in [0, 0.05) is 27.3 Å². The van der Waals surface area contributed by atoms with Gasteiger partial charge in [-0.05, 0) is 6.07 Å². The first-order chi connectivity index (χ1) is 8.97. The summed E-state index contributed by atoms with van der Waals surface area (Å²) in [5.41, 5.74) is 6.54. The van der Waals surface area contributed by atoms with Gasteiger partial charge in [-0.3, -0.25) is 9.48 Å². The largest absolute Gasteiger partial charge is 0.382 e. The molecule has 3 N–H and O–H groups in total. The third-order valence-electron chi connectivity index (χ3n) is 2.43. The monoisotopic (exact) mass is 280 g/mol. The van der Waals surface area contributed by atoms with Crippen molar-refractivity contribution in [2.75, 3.05) is 24.7 Å². The zero-order valence-electron chi connectivity index (χ0n) is 11.0. The van der Waals surface area contributed by atoms with Gasteiger partial charge in [0.2, 0.25) is 0 Å². The third-order valence-corrected chi connectivity index (χ3v) is 3.67. The van der Waals surface area contributed by atoms with E-state index in [0.29, 0.717) is 16.6 Å². The number of nitrogens with zero attached hydrogens (tertiary/aromatic N) is 4. The number of hydrogen-bond donors (Lipinski definition) is 2. The molecule has 2 aromatic heterocycles. The maximum atomic E-state index is 12.0. The maximum absolute atomic E-state index is 12.0. The highest BCUT2D eigenvalue weighted by Gasteiger charge is 2.17. The van der Waals surface area contributed by atoms with Crippen LogP contribution in [-0.4, -0.2) is 34.8 Å². The van der Waals surface area contributed by atoms with Gasteiger partial charge in [-0.25, -0.2) is 4.98 Å². The van der Waals surface area contributed by atoms with Gasteiger partial charge in [-0.1, -0.05) is 11.3 Å². The van der Waals surface area contributed by atoms with E-state index in [9.17, 15) is 4.79 Å². The predicted molar refractivity (Wildman–Crippen MR) is 75.2 cm³/mol. The van der Waals surface area contributed by atoms with Crippen molar-refractivity contribution in [2.45, 2.75) is 6.54 Å². The van der Waals surface area contributed by atoms with Crippen molar-refractivity contribution in [3.8, 4) is 0 Å². The number of aromatic nitrogens is 3. The molecule has 0 aliphatic rings. The molecule has 1 amide bonds. The number of thiazole rings is 1. The molecule has 0 unspecified atom stereocenters. The van der Waals surface area contributed by atoms with E-state index < -0.39 is 0 Å². The number of amides is 1. The fourth-order valence-electron chi connectivity index (χ4n) is 1.48. The van der Waals surface area contributed by atoms with Crippen LogP contribution in [0.25, 0.3) is 0 Å². The van der Waals surface area contributed by atoms with Gasteiger partial charge in [-0.15, -0.1) is 0 Å². The van der Waals surface area contributed by atoms with Gasteiger partial charge in [0.1, 0.15) is 10.7 Å². The molecule has 0 fully saturated rings. The van der Waals surface area contributed by atoms with Crippen molar-refractivity contribution in [1.82, 2.24) is 20.1 Å². The minimum absolute atomic E-state index is 0.228. The Bertz CT molecular complexity index is 588. The first-order valence-corrected chi connectivity index (χ1v) is 6.49. The zero-order chi connectivity index (χ0) is 14.0. The van der Waals surface area contributed by atoms with Crippen molar-refractivity contribution >= 4 is 28.2 Å². The number of nitrogens with one attached hydrogen (secondary N) is 1. The summed E-state index contributed by atoms with van der Waals surface area (Å²) in [7, 11) is 5.54. The summed E-state index contributed by atoms with van der Waals surface area (Å²) in [6.07, 6.45) is 1.83. The second-order valence-corrected chi connectivity index (χ2v) is 5.25. The molecule has 0 aliphatic heterocycles. The van der Waals surface area contributed by atoms with E-state index in [2.05, 4.69) is 15.4 Å². The summed E-state index contributed by atoms with van der Waals surface area (Å²) in [5.74, 6) is 0.0287. The van der Waals surface area contributed by atoms with Crippen LogP contribution in [0.3, 0.4) is 0 Å². The van der Waals surface area contributed by atoms with Gasteiger partial charge in [0.05, 0.1) is 12.2 Å². The number of carbonyl (C=O) groups is 1. The Morgan fingerprint density at radius 1 is 1.58 bits per heavy atom. The van der Waals surface area contributed by atoms with Crippen LogP contribution < -0.4 is 16.0 Å². The number of nitrogen functional groups attached to an aromatic ring is 1. The molecule has 0 bridgehead atoms. The average molecular weight is 280 g/mol. The van der Waals surface area contributed by atoms with Crippen molar-refractivity contribution < 1.29 is 4.79 Å². The number of rotatable bonds is 4. The number of anilines is 2. The quantitative estimate of drug-likeness (QED) is 0.849. The fourth-order valence-corrected chi connectivity index (χ4v) is 2.31. The standard InChI is InChI=1S/C11H16N6OS/c1-16(2)11-14-9(12)8(19-11)10(18)13-6-7-4-5-17(3)15-7/h4-5H,6,12H2,1-3H3,(H,13,18). The summed E-state index contributed by atoms with van der Waals surface area (Å²) in [6, 6.07) is 1.85. The molecule has 0 spiro atoms. The Hall–Kier alpha value is -2.09. The van der Waals surface area contributed by atoms with Crippen LogP contribution in [-0.2, 0) is 13.6 Å². The second kappa shape index (κ2) is 5.27. The highest BCUT2D eigenvalue weighted by atomic mass is 32.1. The smallest absolute Gasteiger partial charge is 0.265 e. The number of carbonyl (C=O) groups excluding carboxylic acids is 1. The molecule has 0 atom stereocenters. The molecule has 7 nitrogen and oxygen atoms in total. The van der Waals surface area contributed by atoms with Crippen molar-refractivity contribution in [3.63, 3.8) is 0 Å². The Labute approximate surface area is 115 Å². The van der Waals surface area contributed by atoms with E-state index >= 15 is 0 Å². The Morgan fingerprint density at radius 3 is 2.84 bits per heavy atom. The molecular formula is C11H16N6OS. The molecule has 0 saturated carbocycles. The summed E-state index contributed by atoms with van der Waals surface area (Å²) in [4.78, 5) is 18.4. The molecule has 0 saturated heterocycles. The molecule has 0 radical (unpaired) electrons. The van der Waals surface area contributed by atoms with Crippen molar-refractivity contribution in [3.05, 3.63) is 22.8 Å². The molecule has 0 aliphatic carbocycles.